The predicted octanol–water partition coefficient (Wildman–Crippen LogP) is 3.46. The lowest BCUT2D eigenvalue weighted by molar-refractivity contribution is 0.262. The molecule has 0 aromatic carbocycles. The summed E-state index contributed by atoms with van der Waals surface area (Å²) in [4.78, 5) is 0. The van der Waals surface area contributed by atoms with Gasteiger partial charge in [0, 0.05) is 9.52 Å². The van der Waals surface area contributed by atoms with E-state index in [4.69, 9.17) is 0 Å². The van der Waals surface area contributed by atoms with Gasteiger partial charge in [0.1, 0.15) is 0 Å². The lowest BCUT2D eigenvalue weighted by Gasteiger charge is -2.53. The van der Waals surface area contributed by atoms with Crippen molar-refractivity contribution in [3.05, 3.63) is 11.3 Å². The SMILES string of the molecule is CCN(CC)[Si](CC[SiH2]C=C(C)C)(N(CC)CC)N(CC)CC. The molecular formula is C18H43N3Si2. The van der Waals surface area contributed by atoms with Crippen molar-refractivity contribution in [3.8, 4) is 0 Å². The summed E-state index contributed by atoms with van der Waals surface area (Å²) in [6.45, 7) is 25.7. The summed E-state index contributed by atoms with van der Waals surface area (Å²) in [5.74, 6) is 0. The Morgan fingerprint density at radius 3 is 1.35 bits per heavy atom. The van der Waals surface area contributed by atoms with E-state index >= 15 is 0 Å². The first-order chi connectivity index (χ1) is 11.0. The average Bonchev–Trinajstić information content (AvgIpc) is 2.54. The summed E-state index contributed by atoms with van der Waals surface area (Å²) < 4.78 is 8.51. The summed E-state index contributed by atoms with van der Waals surface area (Å²) in [6.07, 6.45) is 0. The second-order valence-corrected chi connectivity index (χ2v) is 12.1. The van der Waals surface area contributed by atoms with Crippen LogP contribution in [0.15, 0.2) is 11.3 Å². The molecule has 3 nitrogen and oxygen atoms in total. The maximum absolute atomic E-state index is 2.84. The Labute approximate surface area is 150 Å². The molecule has 0 heterocycles. The quantitative estimate of drug-likeness (QED) is 0.369. The monoisotopic (exact) mass is 357 g/mol. The van der Waals surface area contributed by atoms with Gasteiger partial charge in [-0.05, 0) is 59.2 Å². The van der Waals surface area contributed by atoms with Crippen molar-refractivity contribution in [1.82, 2.24) is 13.7 Å². The van der Waals surface area contributed by atoms with Crippen molar-refractivity contribution in [3.63, 3.8) is 0 Å². The zero-order chi connectivity index (χ0) is 17.9. The number of rotatable bonds is 13. The summed E-state index contributed by atoms with van der Waals surface area (Å²) in [6, 6.07) is 2.86. The molecule has 0 radical (unpaired) electrons. The van der Waals surface area contributed by atoms with Crippen LogP contribution in [-0.2, 0) is 0 Å². The molecule has 0 N–H and O–H groups in total. The van der Waals surface area contributed by atoms with E-state index in [1.54, 1.807) is 0 Å². The highest BCUT2D eigenvalue weighted by atomic mass is 28.4. The van der Waals surface area contributed by atoms with E-state index in [0.29, 0.717) is 0 Å². The van der Waals surface area contributed by atoms with Crippen molar-refractivity contribution >= 4 is 18.1 Å². The van der Waals surface area contributed by atoms with E-state index in [9.17, 15) is 0 Å². The smallest absolute Gasteiger partial charge is 0.289 e. The minimum absolute atomic E-state index is 0.0651. The van der Waals surface area contributed by atoms with Crippen LogP contribution in [0.2, 0.25) is 12.1 Å². The number of hydrogen-bond acceptors (Lipinski definition) is 3. The summed E-state index contributed by atoms with van der Waals surface area (Å²) in [5.41, 5.74) is 4.06. The van der Waals surface area contributed by atoms with E-state index < -0.39 is 8.56 Å². The second-order valence-electron chi connectivity index (χ2n) is 6.46. The Hall–Kier alpha value is 0.0538. The normalized spacial score (nSPS) is 13.0. The van der Waals surface area contributed by atoms with E-state index in [2.05, 4.69) is 74.8 Å². The topological polar surface area (TPSA) is 9.72 Å². The molecule has 0 unspecified atom stereocenters. The van der Waals surface area contributed by atoms with Crippen molar-refractivity contribution in [1.29, 1.82) is 0 Å². The summed E-state index contributed by atoms with van der Waals surface area (Å²) in [7, 11) is -1.82. The Kier molecular flexibility index (Phi) is 12.5. The van der Waals surface area contributed by atoms with Crippen LogP contribution in [0.5, 0.6) is 0 Å². The molecular weight excluding hydrogens is 314 g/mol. The van der Waals surface area contributed by atoms with Crippen LogP contribution in [0.3, 0.4) is 0 Å². The maximum Gasteiger partial charge on any atom is 0.289 e. The summed E-state index contributed by atoms with van der Waals surface area (Å²) in [5, 5.41) is 0. The standard InChI is InChI=1S/C18H43N3Si2/c1-9-19(10-2)23(20(11-3)12-4,21(13-5)14-6)16-15-22-17-18(7)8/h17H,9-16,22H2,1-8H3. The Morgan fingerprint density at radius 1 is 0.739 bits per heavy atom. The zero-order valence-corrected chi connectivity index (χ0v) is 19.7. The van der Waals surface area contributed by atoms with Crippen LogP contribution in [0.25, 0.3) is 0 Å². The molecule has 0 bridgehead atoms. The fraction of sp³-hybridized carbons (Fsp3) is 0.889. The lowest BCUT2D eigenvalue weighted by Crippen LogP contribution is -2.75. The molecule has 0 fully saturated rings. The van der Waals surface area contributed by atoms with E-state index in [-0.39, 0.29) is 9.52 Å². The molecule has 23 heavy (non-hydrogen) atoms. The molecule has 0 rings (SSSR count). The van der Waals surface area contributed by atoms with Crippen LogP contribution in [-0.4, -0.2) is 71.0 Å². The van der Waals surface area contributed by atoms with Crippen LogP contribution in [0, 0.1) is 0 Å². The Morgan fingerprint density at radius 2 is 1.09 bits per heavy atom. The van der Waals surface area contributed by atoms with E-state index in [1.165, 1.54) is 56.9 Å². The molecule has 0 saturated carbocycles. The molecule has 0 spiro atoms. The Balaban J connectivity index is 5.66. The van der Waals surface area contributed by atoms with Gasteiger partial charge in [-0.25, -0.2) is 0 Å². The van der Waals surface area contributed by atoms with Crippen LogP contribution in [0.1, 0.15) is 55.4 Å². The van der Waals surface area contributed by atoms with Gasteiger partial charge in [-0.2, -0.15) is 0 Å². The molecule has 0 aliphatic carbocycles. The van der Waals surface area contributed by atoms with Crippen LogP contribution < -0.4 is 0 Å². The minimum atomic E-state index is -1.75. The molecule has 0 aliphatic rings. The first-order valence-electron chi connectivity index (χ1n) is 9.86. The third-order valence-electron chi connectivity index (χ3n) is 5.08. The second kappa shape index (κ2) is 12.4. The van der Waals surface area contributed by atoms with E-state index in [1.807, 2.05) is 0 Å². The molecule has 5 heteroatoms. The molecule has 0 amide bonds. The highest BCUT2D eigenvalue weighted by molar-refractivity contribution is 6.72. The lowest BCUT2D eigenvalue weighted by atomic mass is 10.4. The third kappa shape index (κ3) is 6.12. The molecule has 138 valence electrons. The average molecular weight is 358 g/mol. The fourth-order valence-electron chi connectivity index (χ4n) is 3.99. The third-order valence-corrected chi connectivity index (χ3v) is 13.6. The van der Waals surface area contributed by atoms with Crippen molar-refractivity contribution < 1.29 is 0 Å². The van der Waals surface area contributed by atoms with Gasteiger partial charge in [-0.1, -0.05) is 53.2 Å². The van der Waals surface area contributed by atoms with Gasteiger partial charge in [-0.15, -0.1) is 5.70 Å². The van der Waals surface area contributed by atoms with Gasteiger partial charge in [0.15, 0.2) is 0 Å². The van der Waals surface area contributed by atoms with E-state index in [0.717, 1.165) is 0 Å². The van der Waals surface area contributed by atoms with Crippen molar-refractivity contribution in [2.45, 2.75) is 67.5 Å². The van der Waals surface area contributed by atoms with Gasteiger partial charge in [0.25, 0.3) is 8.56 Å². The zero-order valence-electron chi connectivity index (χ0n) is 17.3. The number of allylic oxidation sites excluding steroid dienone is 1. The largest absolute Gasteiger partial charge is 0.300 e. The highest BCUT2D eigenvalue weighted by Crippen LogP contribution is 2.27. The first kappa shape index (κ1) is 23.1. The molecule has 0 aromatic rings. The van der Waals surface area contributed by atoms with Gasteiger partial charge in [-0.3, -0.25) is 13.7 Å². The van der Waals surface area contributed by atoms with Gasteiger partial charge >= 0.3 is 0 Å². The van der Waals surface area contributed by atoms with Crippen molar-refractivity contribution in [2.24, 2.45) is 0 Å². The maximum atomic E-state index is 2.84. The fourth-order valence-corrected chi connectivity index (χ4v) is 12.7. The van der Waals surface area contributed by atoms with Crippen LogP contribution >= 0.6 is 0 Å². The molecule has 0 aromatic heterocycles. The molecule has 0 atom stereocenters. The summed E-state index contributed by atoms with van der Waals surface area (Å²) >= 11 is 0. The van der Waals surface area contributed by atoms with Crippen molar-refractivity contribution in [2.75, 3.05) is 39.3 Å². The first-order valence-corrected chi connectivity index (χ1v) is 13.7. The molecule has 0 aliphatic heterocycles. The van der Waals surface area contributed by atoms with Gasteiger partial charge in [0.2, 0.25) is 0 Å². The van der Waals surface area contributed by atoms with Gasteiger partial charge < -0.3 is 0 Å². The Bertz CT molecular complexity index is 287. The highest BCUT2D eigenvalue weighted by Gasteiger charge is 2.47. The number of nitrogens with zero attached hydrogens (tertiary/aromatic N) is 3. The minimum Gasteiger partial charge on any atom is -0.300 e. The number of hydrogen-bond donors (Lipinski definition) is 0. The molecule has 0 saturated heterocycles. The predicted molar refractivity (Wildman–Crippen MR) is 112 cm³/mol. The van der Waals surface area contributed by atoms with Crippen LogP contribution in [0.4, 0.5) is 0 Å². The van der Waals surface area contributed by atoms with Gasteiger partial charge in [0.05, 0.1) is 0 Å².